The summed E-state index contributed by atoms with van der Waals surface area (Å²) in [7, 11) is 0. The lowest BCUT2D eigenvalue weighted by molar-refractivity contribution is -0.123. The van der Waals surface area contributed by atoms with Gasteiger partial charge in [-0.05, 0) is 5.41 Å². The molecule has 0 saturated carbocycles. The second-order valence-corrected chi connectivity index (χ2v) is 5.86. The molecule has 15 heavy (non-hydrogen) atoms. The number of hydrogen-bond acceptors (Lipinski definition) is 2. The highest BCUT2D eigenvalue weighted by Crippen LogP contribution is 2.35. The van der Waals surface area contributed by atoms with Gasteiger partial charge in [0.2, 0.25) is 5.91 Å². The summed E-state index contributed by atoms with van der Waals surface area (Å²) in [6, 6.07) is 0. The Labute approximate surface area is 93.3 Å². The van der Waals surface area contributed by atoms with Gasteiger partial charge in [0, 0.05) is 17.5 Å². The molecule has 0 atom stereocenters. The first-order valence-corrected chi connectivity index (χ1v) is 5.42. The van der Waals surface area contributed by atoms with E-state index in [0.717, 1.165) is 0 Å². The van der Waals surface area contributed by atoms with Gasteiger partial charge in [-0.2, -0.15) is 5.10 Å². The molecule has 0 unspecified atom stereocenters. The van der Waals surface area contributed by atoms with Crippen LogP contribution in [0.3, 0.4) is 0 Å². The van der Waals surface area contributed by atoms with Crippen molar-refractivity contribution in [1.29, 1.82) is 0 Å². The van der Waals surface area contributed by atoms with Crippen molar-refractivity contribution >= 4 is 12.1 Å². The van der Waals surface area contributed by atoms with Crippen LogP contribution >= 0.6 is 0 Å². The normalized spacial score (nSPS) is 13.6. The summed E-state index contributed by atoms with van der Waals surface area (Å²) in [5.41, 5.74) is 2.62. The highest BCUT2D eigenvalue weighted by Gasteiger charge is 2.31. The van der Waals surface area contributed by atoms with Crippen LogP contribution in [0.1, 0.15) is 48.5 Å². The molecule has 0 aromatic rings. The minimum atomic E-state index is -0.0454. The fourth-order valence-corrected chi connectivity index (χ4v) is 0.580. The van der Waals surface area contributed by atoms with E-state index in [9.17, 15) is 4.79 Å². The van der Waals surface area contributed by atoms with Gasteiger partial charge in [-0.25, -0.2) is 5.43 Å². The highest BCUT2D eigenvalue weighted by molar-refractivity contribution is 5.79. The van der Waals surface area contributed by atoms with Gasteiger partial charge >= 0.3 is 0 Å². The first kappa shape index (κ1) is 14.1. The maximum atomic E-state index is 11.3. The van der Waals surface area contributed by atoms with E-state index in [1.807, 2.05) is 20.1 Å². The standard InChI is InChI=1S/C12H24N2O/c1-9(2)10(15)14-13-8-12(6,7)11(3,4)5/h8-9H,1-7H3,(H,14,15)/b13-8+. The Hall–Kier alpha value is -0.860. The molecule has 0 spiro atoms. The summed E-state index contributed by atoms with van der Waals surface area (Å²) in [6.07, 6.45) is 1.81. The molecule has 3 nitrogen and oxygen atoms in total. The van der Waals surface area contributed by atoms with Gasteiger partial charge in [0.15, 0.2) is 0 Å². The Morgan fingerprint density at radius 1 is 1.20 bits per heavy atom. The monoisotopic (exact) mass is 212 g/mol. The van der Waals surface area contributed by atoms with E-state index in [1.54, 1.807) is 0 Å². The van der Waals surface area contributed by atoms with Gasteiger partial charge in [0.1, 0.15) is 0 Å². The van der Waals surface area contributed by atoms with Crippen molar-refractivity contribution in [3.63, 3.8) is 0 Å². The van der Waals surface area contributed by atoms with Gasteiger partial charge in [0.25, 0.3) is 0 Å². The van der Waals surface area contributed by atoms with E-state index in [2.05, 4.69) is 45.1 Å². The molecule has 0 radical (unpaired) electrons. The van der Waals surface area contributed by atoms with Crippen molar-refractivity contribution in [3.05, 3.63) is 0 Å². The van der Waals surface area contributed by atoms with Gasteiger partial charge in [-0.15, -0.1) is 0 Å². The second kappa shape index (κ2) is 4.77. The lowest BCUT2D eigenvalue weighted by atomic mass is 9.70. The van der Waals surface area contributed by atoms with Crippen LogP contribution in [0.5, 0.6) is 0 Å². The molecule has 0 aromatic heterocycles. The van der Waals surface area contributed by atoms with Crippen molar-refractivity contribution < 1.29 is 4.79 Å². The number of carbonyl (C=O) groups excluding carboxylic acids is 1. The molecule has 0 aliphatic rings. The number of rotatable bonds is 3. The highest BCUT2D eigenvalue weighted by atomic mass is 16.2. The molecule has 1 N–H and O–H groups in total. The first-order chi connectivity index (χ1) is 6.58. The Morgan fingerprint density at radius 2 is 1.67 bits per heavy atom. The van der Waals surface area contributed by atoms with Crippen LogP contribution in [0, 0.1) is 16.7 Å². The van der Waals surface area contributed by atoms with Gasteiger partial charge < -0.3 is 0 Å². The van der Waals surface area contributed by atoms with Crippen LogP contribution in [-0.2, 0) is 4.79 Å². The van der Waals surface area contributed by atoms with E-state index in [4.69, 9.17) is 0 Å². The van der Waals surface area contributed by atoms with Crippen molar-refractivity contribution in [2.24, 2.45) is 21.8 Å². The maximum absolute atomic E-state index is 11.3. The quantitative estimate of drug-likeness (QED) is 0.567. The van der Waals surface area contributed by atoms with Gasteiger partial charge in [-0.3, -0.25) is 4.79 Å². The zero-order valence-electron chi connectivity index (χ0n) is 11.0. The van der Waals surface area contributed by atoms with E-state index in [0.29, 0.717) is 0 Å². The zero-order chi connectivity index (χ0) is 12.3. The summed E-state index contributed by atoms with van der Waals surface area (Å²) >= 11 is 0. The minimum absolute atomic E-state index is 0.0279. The number of carbonyl (C=O) groups is 1. The second-order valence-electron chi connectivity index (χ2n) is 5.86. The molecule has 0 aromatic carbocycles. The van der Waals surface area contributed by atoms with Crippen LogP contribution < -0.4 is 5.43 Å². The summed E-state index contributed by atoms with van der Waals surface area (Å²) in [5, 5.41) is 4.01. The lowest BCUT2D eigenvalue weighted by Gasteiger charge is -2.35. The molecule has 88 valence electrons. The third-order valence-electron chi connectivity index (χ3n) is 3.02. The summed E-state index contributed by atoms with van der Waals surface area (Å²) in [5.74, 6) is -0.0733. The predicted molar refractivity (Wildman–Crippen MR) is 64.7 cm³/mol. The molecular weight excluding hydrogens is 188 g/mol. The lowest BCUT2D eigenvalue weighted by Crippen LogP contribution is -2.32. The average molecular weight is 212 g/mol. The van der Waals surface area contributed by atoms with E-state index in [-0.39, 0.29) is 22.7 Å². The largest absolute Gasteiger partial charge is 0.273 e. The molecular formula is C12H24N2O. The number of nitrogens with zero attached hydrogens (tertiary/aromatic N) is 1. The summed E-state index contributed by atoms with van der Waals surface area (Å²) < 4.78 is 0. The fourth-order valence-electron chi connectivity index (χ4n) is 0.580. The third kappa shape index (κ3) is 4.45. The smallest absolute Gasteiger partial charge is 0.242 e. The molecule has 0 heterocycles. The molecule has 0 bridgehead atoms. The van der Waals surface area contributed by atoms with Crippen molar-refractivity contribution in [2.75, 3.05) is 0 Å². The Bertz CT molecular complexity index is 247. The molecule has 3 heteroatoms. The van der Waals surface area contributed by atoms with Gasteiger partial charge in [-0.1, -0.05) is 48.5 Å². The Morgan fingerprint density at radius 3 is 2.00 bits per heavy atom. The minimum Gasteiger partial charge on any atom is -0.273 e. The van der Waals surface area contributed by atoms with E-state index >= 15 is 0 Å². The number of nitrogens with one attached hydrogen (secondary N) is 1. The number of hydrazone groups is 1. The van der Waals surface area contributed by atoms with Crippen LogP contribution in [-0.4, -0.2) is 12.1 Å². The molecule has 0 saturated heterocycles. The molecule has 0 aliphatic carbocycles. The van der Waals surface area contributed by atoms with Crippen molar-refractivity contribution in [1.82, 2.24) is 5.43 Å². The number of amides is 1. The van der Waals surface area contributed by atoms with Crippen molar-refractivity contribution in [2.45, 2.75) is 48.5 Å². The molecule has 1 amide bonds. The topological polar surface area (TPSA) is 41.5 Å². The summed E-state index contributed by atoms with van der Waals surface area (Å²) in [6.45, 7) is 14.4. The third-order valence-corrected chi connectivity index (χ3v) is 3.02. The molecule has 0 rings (SSSR count). The van der Waals surface area contributed by atoms with Crippen LogP contribution in [0.15, 0.2) is 5.10 Å². The molecule has 0 aliphatic heterocycles. The predicted octanol–water partition coefficient (Wildman–Crippen LogP) is 2.82. The number of hydrogen-bond donors (Lipinski definition) is 1. The Kier molecular flexibility index (Phi) is 4.50. The van der Waals surface area contributed by atoms with E-state index in [1.165, 1.54) is 0 Å². The SMILES string of the molecule is CC(C)C(=O)N/N=C/C(C)(C)C(C)(C)C. The fraction of sp³-hybridized carbons (Fsp3) is 0.833. The first-order valence-electron chi connectivity index (χ1n) is 5.42. The van der Waals surface area contributed by atoms with Crippen molar-refractivity contribution in [3.8, 4) is 0 Å². The van der Waals surface area contributed by atoms with Gasteiger partial charge in [0.05, 0.1) is 0 Å². The van der Waals surface area contributed by atoms with Crippen LogP contribution in [0.25, 0.3) is 0 Å². The van der Waals surface area contributed by atoms with Crippen LogP contribution in [0.2, 0.25) is 0 Å². The zero-order valence-corrected chi connectivity index (χ0v) is 11.0. The molecule has 0 fully saturated rings. The summed E-state index contributed by atoms with van der Waals surface area (Å²) in [4.78, 5) is 11.3. The maximum Gasteiger partial charge on any atom is 0.242 e. The average Bonchev–Trinajstić information content (AvgIpc) is 2.01. The van der Waals surface area contributed by atoms with Crippen LogP contribution in [0.4, 0.5) is 0 Å². The van der Waals surface area contributed by atoms with E-state index < -0.39 is 0 Å². The Balaban J connectivity index is 4.36.